The maximum atomic E-state index is 12.2. The normalized spacial score (nSPS) is 11.3. The number of unbranched alkanes of at least 4 members (excludes halogenated alkanes) is 1. The summed E-state index contributed by atoms with van der Waals surface area (Å²) in [4.78, 5) is 26.3. The Labute approximate surface area is 135 Å². The lowest BCUT2D eigenvalue weighted by atomic mass is 10.1. The predicted octanol–water partition coefficient (Wildman–Crippen LogP) is 3.21. The molecule has 2 rings (SSSR count). The van der Waals surface area contributed by atoms with E-state index in [4.69, 9.17) is 0 Å². The maximum absolute atomic E-state index is 12.2. The number of benzene rings is 1. The molecule has 0 unspecified atom stereocenters. The fourth-order valence-corrected chi connectivity index (χ4v) is 2.14. The molecule has 120 valence electrons. The highest BCUT2D eigenvalue weighted by atomic mass is 16.4. The van der Waals surface area contributed by atoms with Crippen molar-refractivity contribution in [3.8, 4) is 0 Å². The van der Waals surface area contributed by atoms with Crippen molar-refractivity contribution in [1.82, 2.24) is 10.3 Å². The van der Waals surface area contributed by atoms with Crippen molar-refractivity contribution >= 4 is 18.0 Å². The van der Waals surface area contributed by atoms with Crippen molar-refractivity contribution in [1.29, 1.82) is 0 Å². The highest BCUT2D eigenvalue weighted by Gasteiger charge is 2.13. The molecule has 1 heterocycles. The maximum Gasteiger partial charge on any atom is 0.352 e. The van der Waals surface area contributed by atoms with Crippen LogP contribution in [0, 0.1) is 0 Å². The number of hydrogen-bond acceptors (Lipinski definition) is 2. The van der Waals surface area contributed by atoms with Gasteiger partial charge in [0.05, 0.1) is 0 Å². The van der Waals surface area contributed by atoms with E-state index in [9.17, 15) is 14.7 Å². The van der Waals surface area contributed by atoms with E-state index in [2.05, 4.69) is 17.2 Å². The molecular weight excluding hydrogens is 292 g/mol. The number of H-pyrrole nitrogens is 1. The summed E-state index contributed by atoms with van der Waals surface area (Å²) >= 11 is 0. The molecule has 0 saturated carbocycles. The predicted molar refractivity (Wildman–Crippen MR) is 88.9 cm³/mol. The minimum absolute atomic E-state index is 0.174. The van der Waals surface area contributed by atoms with Crippen LogP contribution in [0.5, 0.6) is 0 Å². The summed E-state index contributed by atoms with van der Waals surface area (Å²) in [6, 6.07) is 10.7. The van der Waals surface area contributed by atoms with Crippen LogP contribution in [0.4, 0.5) is 0 Å². The van der Waals surface area contributed by atoms with E-state index < -0.39 is 11.9 Å². The van der Waals surface area contributed by atoms with Gasteiger partial charge in [0.15, 0.2) is 0 Å². The molecule has 0 aliphatic heterocycles. The first-order valence-electron chi connectivity index (χ1n) is 7.59. The van der Waals surface area contributed by atoms with Gasteiger partial charge in [-0.1, -0.05) is 25.5 Å². The Bertz CT molecular complexity index is 686. The van der Waals surface area contributed by atoms with E-state index in [1.807, 2.05) is 12.1 Å². The van der Waals surface area contributed by atoms with Gasteiger partial charge in [-0.05, 0) is 48.7 Å². The summed E-state index contributed by atoms with van der Waals surface area (Å²) < 4.78 is 0. The lowest BCUT2D eigenvalue weighted by Crippen LogP contribution is -2.27. The zero-order valence-corrected chi connectivity index (χ0v) is 13.0. The third-order valence-electron chi connectivity index (χ3n) is 3.44. The quantitative estimate of drug-likeness (QED) is 0.687. The molecule has 0 aliphatic rings. The Hall–Kier alpha value is -2.82. The SMILES string of the molecule is CCCCc1ccc(C(=O)N/C(=C/c2ccc[nH]2)C(=O)O)cc1. The smallest absolute Gasteiger partial charge is 0.352 e. The average Bonchev–Trinajstić information content (AvgIpc) is 3.05. The van der Waals surface area contributed by atoms with Crippen molar-refractivity contribution in [3.05, 3.63) is 65.1 Å². The van der Waals surface area contributed by atoms with Crippen LogP contribution in [-0.4, -0.2) is 22.0 Å². The van der Waals surface area contributed by atoms with E-state index in [-0.39, 0.29) is 5.70 Å². The fourth-order valence-electron chi connectivity index (χ4n) is 2.14. The van der Waals surface area contributed by atoms with Crippen LogP contribution in [0.25, 0.3) is 6.08 Å². The average molecular weight is 312 g/mol. The Morgan fingerprint density at radius 3 is 2.52 bits per heavy atom. The van der Waals surface area contributed by atoms with Crippen LogP contribution < -0.4 is 5.32 Å². The van der Waals surface area contributed by atoms with Crippen molar-refractivity contribution in [2.45, 2.75) is 26.2 Å². The summed E-state index contributed by atoms with van der Waals surface area (Å²) in [7, 11) is 0. The molecule has 5 heteroatoms. The Balaban J connectivity index is 2.08. The van der Waals surface area contributed by atoms with Gasteiger partial charge < -0.3 is 15.4 Å². The first-order chi connectivity index (χ1) is 11.1. The highest BCUT2D eigenvalue weighted by molar-refractivity contribution is 6.02. The van der Waals surface area contributed by atoms with Crippen LogP contribution in [-0.2, 0) is 11.2 Å². The number of carbonyl (C=O) groups excluding carboxylic acids is 1. The van der Waals surface area contributed by atoms with Crippen LogP contribution in [0.15, 0.2) is 48.3 Å². The molecule has 0 aliphatic carbocycles. The molecule has 3 N–H and O–H groups in total. The lowest BCUT2D eigenvalue weighted by molar-refractivity contribution is -0.132. The van der Waals surface area contributed by atoms with E-state index in [1.54, 1.807) is 30.5 Å². The molecule has 0 saturated heterocycles. The number of aryl methyl sites for hydroxylation is 1. The summed E-state index contributed by atoms with van der Waals surface area (Å²) in [5, 5.41) is 11.6. The van der Waals surface area contributed by atoms with Crippen molar-refractivity contribution in [2.24, 2.45) is 0 Å². The minimum Gasteiger partial charge on any atom is -0.477 e. The van der Waals surface area contributed by atoms with Gasteiger partial charge in [0.25, 0.3) is 5.91 Å². The van der Waals surface area contributed by atoms with Gasteiger partial charge in [-0.15, -0.1) is 0 Å². The summed E-state index contributed by atoms with van der Waals surface area (Å²) in [5.74, 6) is -1.63. The molecular formula is C18H20N2O3. The molecule has 1 aromatic carbocycles. The second-order valence-electron chi connectivity index (χ2n) is 5.24. The van der Waals surface area contributed by atoms with E-state index >= 15 is 0 Å². The Kier molecular flexibility index (Phi) is 5.74. The third kappa shape index (κ3) is 4.85. The summed E-state index contributed by atoms with van der Waals surface area (Å²) in [5.41, 5.74) is 2.04. The molecule has 0 spiro atoms. The number of aliphatic carboxylic acids is 1. The zero-order valence-electron chi connectivity index (χ0n) is 13.0. The number of rotatable bonds is 7. The van der Waals surface area contributed by atoms with Gasteiger partial charge >= 0.3 is 5.97 Å². The van der Waals surface area contributed by atoms with Crippen LogP contribution in [0.1, 0.15) is 41.4 Å². The zero-order chi connectivity index (χ0) is 16.7. The fraction of sp³-hybridized carbons (Fsp3) is 0.222. The number of aromatic nitrogens is 1. The molecule has 0 bridgehead atoms. The molecule has 0 fully saturated rings. The Morgan fingerprint density at radius 2 is 1.96 bits per heavy atom. The second-order valence-corrected chi connectivity index (χ2v) is 5.24. The summed E-state index contributed by atoms with van der Waals surface area (Å²) in [6.07, 6.45) is 6.27. The number of hydrogen-bond donors (Lipinski definition) is 3. The van der Waals surface area contributed by atoms with Crippen LogP contribution >= 0.6 is 0 Å². The largest absolute Gasteiger partial charge is 0.477 e. The topological polar surface area (TPSA) is 82.2 Å². The van der Waals surface area contributed by atoms with Crippen molar-refractivity contribution < 1.29 is 14.7 Å². The molecule has 23 heavy (non-hydrogen) atoms. The number of carboxylic acid groups (broad SMARTS) is 1. The number of carbonyl (C=O) groups is 2. The van der Waals surface area contributed by atoms with Gasteiger partial charge in [0.2, 0.25) is 0 Å². The number of aromatic amines is 1. The van der Waals surface area contributed by atoms with Gasteiger partial charge in [0, 0.05) is 17.5 Å². The minimum atomic E-state index is -1.19. The van der Waals surface area contributed by atoms with Crippen LogP contribution in [0.2, 0.25) is 0 Å². The molecule has 2 aromatic rings. The molecule has 1 aromatic heterocycles. The van der Waals surface area contributed by atoms with Gasteiger partial charge in [0.1, 0.15) is 5.70 Å². The van der Waals surface area contributed by atoms with Crippen LogP contribution in [0.3, 0.4) is 0 Å². The third-order valence-corrected chi connectivity index (χ3v) is 3.44. The molecule has 0 radical (unpaired) electrons. The highest BCUT2D eigenvalue weighted by Crippen LogP contribution is 2.09. The second kappa shape index (κ2) is 7.98. The first-order valence-corrected chi connectivity index (χ1v) is 7.59. The van der Waals surface area contributed by atoms with Gasteiger partial charge in [-0.25, -0.2) is 4.79 Å². The van der Waals surface area contributed by atoms with E-state index in [0.29, 0.717) is 11.3 Å². The molecule has 1 amide bonds. The number of amides is 1. The van der Waals surface area contributed by atoms with Gasteiger partial charge in [-0.3, -0.25) is 4.79 Å². The van der Waals surface area contributed by atoms with Gasteiger partial charge in [-0.2, -0.15) is 0 Å². The van der Waals surface area contributed by atoms with Crippen molar-refractivity contribution in [3.63, 3.8) is 0 Å². The first kappa shape index (κ1) is 16.5. The number of nitrogens with one attached hydrogen (secondary N) is 2. The van der Waals surface area contributed by atoms with Crippen molar-refractivity contribution in [2.75, 3.05) is 0 Å². The lowest BCUT2D eigenvalue weighted by Gasteiger charge is -2.07. The molecule has 0 atom stereocenters. The Morgan fingerprint density at radius 1 is 1.22 bits per heavy atom. The van der Waals surface area contributed by atoms with E-state index in [0.717, 1.165) is 19.3 Å². The summed E-state index contributed by atoms with van der Waals surface area (Å²) in [6.45, 7) is 2.13. The molecule has 5 nitrogen and oxygen atoms in total. The van der Waals surface area contributed by atoms with E-state index in [1.165, 1.54) is 11.6 Å². The monoisotopic (exact) mass is 312 g/mol. The standard InChI is InChI=1S/C18H20N2O3/c1-2-3-5-13-7-9-14(10-8-13)17(21)20-16(18(22)23)12-15-6-4-11-19-15/h4,6-12,19H,2-3,5H2,1H3,(H,20,21)(H,22,23)/b16-12+. The number of carboxylic acids is 1.